The molecule has 0 heterocycles. The van der Waals surface area contributed by atoms with Gasteiger partial charge in [0.05, 0.1) is 26.4 Å². The number of phosphoric acid groups is 2. The van der Waals surface area contributed by atoms with E-state index in [1.54, 1.807) is 0 Å². The van der Waals surface area contributed by atoms with Crippen LogP contribution in [0.15, 0.2) is 0 Å². The topological polar surface area (TPSA) is 237 Å². The molecule has 0 saturated carbocycles. The Bertz CT molecular complexity index is 1860. The Balaban J connectivity index is 5.23. The molecule has 0 rings (SSSR count). The Labute approximate surface area is 575 Å². The second-order valence-electron chi connectivity index (χ2n) is 28.2. The van der Waals surface area contributed by atoms with Gasteiger partial charge in [0, 0.05) is 25.7 Å². The van der Waals surface area contributed by atoms with E-state index in [1.807, 2.05) is 0 Å². The third-order valence-corrected chi connectivity index (χ3v) is 20.3. The number of unbranched alkanes of at least 4 members (excludes halogenated alkanes) is 35. The molecule has 8 atom stereocenters. The van der Waals surface area contributed by atoms with Crippen LogP contribution < -0.4 is 0 Å². The molecule has 0 radical (unpaired) electrons. The van der Waals surface area contributed by atoms with E-state index in [4.69, 9.17) is 37.0 Å². The maximum atomic E-state index is 13.1. The molecule has 0 aromatic rings. The van der Waals surface area contributed by atoms with E-state index >= 15 is 0 Å². The molecule has 3 N–H and O–H groups in total. The van der Waals surface area contributed by atoms with Crippen molar-refractivity contribution in [1.82, 2.24) is 0 Å². The van der Waals surface area contributed by atoms with Crippen LogP contribution in [-0.4, -0.2) is 96.7 Å². The van der Waals surface area contributed by atoms with Crippen LogP contribution in [0.5, 0.6) is 0 Å². The number of carbonyl (C=O) groups excluding carboxylic acids is 4. The van der Waals surface area contributed by atoms with E-state index in [0.29, 0.717) is 25.7 Å². The fourth-order valence-electron chi connectivity index (χ4n) is 11.3. The smallest absolute Gasteiger partial charge is 0.462 e. The minimum absolute atomic E-state index is 0.105. The second-order valence-corrected chi connectivity index (χ2v) is 31.1. The van der Waals surface area contributed by atoms with Crippen LogP contribution in [0.1, 0.15) is 376 Å². The van der Waals surface area contributed by atoms with Gasteiger partial charge in [-0.05, 0) is 49.4 Å². The van der Waals surface area contributed by atoms with Gasteiger partial charge in [-0.3, -0.25) is 37.3 Å². The third-order valence-electron chi connectivity index (χ3n) is 18.4. The van der Waals surface area contributed by atoms with Gasteiger partial charge in [0.25, 0.3) is 0 Å². The summed E-state index contributed by atoms with van der Waals surface area (Å²) >= 11 is 0. The van der Waals surface area contributed by atoms with Gasteiger partial charge in [0.1, 0.15) is 19.3 Å². The van der Waals surface area contributed by atoms with Crippen LogP contribution in [0.4, 0.5) is 0 Å². The average molecular weight is 1380 g/mol. The number of phosphoric ester groups is 2. The maximum absolute atomic E-state index is 13.1. The van der Waals surface area contributed by atoms with Crippen LogP contribution in [0, 0.1) is 23.7 Å². The van der Waals surface area contributed by atoms with Crippen molar-refractivity contribution >= 4 is 39.5 Å². The van der Waals surface area contributed by atoms with Crippen molar-refractivity contribution in [3.05, 3.63) is 0 Å². The number of carbonyl (C=O) groups is 4. The molecule has 19 heteroatoms. The van der Waals surface area contributed by atoms with Crippen LogP contribution >= 0.6 is 15.6 Å². The van der Waals surface area contributed by atoms with Crippen molar-refractivity contribution in [3.8, 4) is 0 Å². The zero-order valence-electron chi connectivity index (χ0n) is 61.6. The molecule has 0 aliphatic rings. The normalized spacial score (nSPS) is 15.0. The van der Waals surface area contributed by atoms with E-state index in [9.17, 15) is 43.2 Å². The molecule has 0 aliphatic heterocycles. The molecule has 0 spiro atoms. The summed E-state index contributed by atoms with van der Waals surface area (Å²) in [6.07, 6.45) is 48.5. The highest BCUT2D eigenvalue weighted by atomic mass is 31.2. The molecule has 94 heavy (non-hydrogen) atoms. The van der Waals surface area contributed by atoms with Gasteiger partial charge >= 0.3 is 39.5 Å². The molecule has 0 aliphatic carbocycles. The molecule has 17 nitrogen and oxygen atoms in total. The van der Waals surface area contributed by atoms with E-state index in [1.165, 1.54) is 173 Å². The van der Waals surface area contributed by atoms with Gasteiger partial charge < -0.3 is 33.8 Å². The zero-order chi connectivity index (χ0) is 69.6. The molecular weight excluding hydrogens is 1230 g/mol. The summed E-state index contributed by atoms with van der Waals surface area (Å²) in [5.41, 5.74) is 0. The monoisotopic (exact) mass is 1380 g/mol. The Morgan fingerprint density at radius 2 is 0.511 bits per heavy atom. The highest BCUT2D eigenvalue weighted by molar-refractivity contribution is 7.47. The van der Waals surface area contributed by atoms with Crippen molar-refractivity contribution < 1.29 is 80.2 Å². The summed E-state index contributed by atoms with van der Waals surface area (Å²) in [4.78, 5) is 72.8. The fraction of sp³-hybridized carbons (Fsp3) is 0.947. The van der Waals surface area contributed by atoms with Crippen molar-refractivity contribution in [1.29, 1.82) is 0 Å². The van der Waals surface area contributed by atoms with Crippen LogP contribution in [-0.2, 0) is 65.4 Å². The Kier molecular flexibility index (Phi) is 63.1. The molecule has 0 aromatic carbocycles. The van der Waals surface area contributed by atoms with Gasteiger partial charge in [0.2, 0.25) is 0 Å². The summed E-state index contributed by atoms with van der Waals surface area (Å²) < 4.78 is 68.5. The lowest BCUT2D eigenvalue weighted by Gasteiger charge is -2.21. The summed E-state index contributed by atoms with van der Waals surface area (Å²) in [6, 6.07) is 0. The highest BCUT2D eigenvalue weighted by Crippen LogP contribution is 2.45. The maximum Gasteiger partial charge on any atom is 0.472 e. The number of aliphatic hydroxyl groups is 1. The minimum atomic E-state index is -4.96. The average Bonchev–Trinajstić information content (AvgIpc) is 1.69. The first-order valence-electron chi connectivity index (χ1n) is 38.8. The first-order chi connectivity index (χ1) is 45.2. The van der Waals surface area contributed by atoms with Crippen LogP contribution in [0.2, 0.25) is 0 Å². The van der Waals surface area contributed by atoms with Gasteiger partial charge in [-0.1, -0.05) is 325 Å². The number of ether oxygens (including phenoxy) is 4. The fourth-order valence-corrected chi connectivity index (χ4v) is 12.9. The molecule has 0 amide bonds. The Morgan fingerprint density at radius 3 is 0.755 bits per heavy atom. The lowest BCUT2D eigenvalue weighted by molar-refractivity contribution is -0.161. The Hall–Kier alpha value is -1.94. The van der Waals surface area contributed by atoms with E-state index in [0.717, 1.165) is 120 Å². The summed E-state index contributed by atoms with van der Waals surface area (Å²) in [7, 11) is -9.91. The summed E-state index contributed by atoms with van der Waals surface area (Å²) in [6.45, 7) is 14.2. The quantitative estimate of drug-likeness (QED) is 0.0222. The van der Waals surface area contributed by atoms with Crippen molar-refractivity contribution in [2.45, 2.75) is 395 Å². The second kappa shape index (κ2) is 64.4. The molecule has 0 aromatic heterocycles. The van der Waals surface area contributed by atoms with Gasteiger partial charge in [0.15, 0.2) is 12.2 Å². The molecule has 0 bridgehead atoms. The summed E-state index contributed by atoms with van der Waals surface area (Å²) in [5.74, 6) is 0.996. The van der Waals surface area contributed by atoms with E-state index in [2.05, 4.69) is 55.4 Å². The van der Waals surface area contributed by atoms with Crippen molar-refractivity contribution in [2.24, 2.45) is 23.7 Å². The number of aliphatic hydroxyl groups excluding tert-OH is 1. The van der Waals surface area contributed by atoms with Gasteiger partial charge in [-0.25, -0.2) is 9.13 Å². The van der Waals surface area contributed by atoms with Crippen LogP contribution in [0.3, 0.4) is 0 Å². The first-order valence-corrected chi connectivity index (χ1v) is 41.8. The van der Waals surface area contributed by atoms with Crippen LogP contribution in [0.25, 0.3) is 0 Å². The van der Waals surface area contributed by atoms with E-state index in [-0.39, 0.29) is 25.7 Å². The van der Waals surface area contributed by atoms with Crippen molar-refractivity contribution in [3.63, 3.8) is 0 Å². The molecule has 558 valence electrons. The minimum Gasteiger partial charge on any atom is -0.462 e. The van der Waals surface area contributed by atoms with Crippen molar-refractivity contribution in [2.75, 3.05) is 39.6 Å². The molecular formula is C75H146O17P2. The standard InChI is InChI=1S/C75H146O17P2/c1-9-66(6)52-44-36-28-22-16-14-12-13-15-17-24-30-39-47-55-72(77)85-61-70(91-75(80)58-50-42-32-26-20-21-27-35-43-51-65(4)5)63-89-93(81,82)87-59-69(76)60-88-94(83,84)90-64-71(62-86-73(78)56-48-40-34-33-38-46-54-68(8)11-3)92-74(79)57-49-41-31-25-19-18-23-29-37-45-53-67(7)10-2/h65-71,76H,9-64H2,1-8H3,(H,81,82)(H,83,84)/t66?,67?,68?,69-,70-,71-/m1/s1. The highest BCUT2D eigenvalue weighted by Gasteiger charge is 2.30. The summed E-state index contributed by atoms with van der Waals surface area (Å²) in [5, 5.41) is 10.6. The first kappa shape index (κ1) is 92.1. The largest absolute Gasteiger partial charge is 0.472 e. The number of esters is 4. The SMILES string of the molecule is CCC(C)CCCCCCCCCCCCCCCCC(=O)OC[C@H](COP(=O)(O)OC[C@@H](O)COP(=O)(O)OC[C@@H](COC(=O)CCCCCCCCC(C)CC)OC(=O)CCCCCCCCCCCCC(C)CC)OC(=O)CCCCCCCCCCCC(C)C. The molecule has 5 unspecified atom stereocenters. The lowest BCUT2D eigenvalue weighted by atomic mass is 9.99. The number of hydrogen-bond acceptors (Lipinski definition) is 15. The van der Waals surface area contributed by atoms with E-state index < -0.39 is 97.5 Å². The third kappa shape index (κ3) is 64.7. The van der Waals surface area contributed by atoms with Gasteiger partial charge in [-0.2, -0.15) is 0 Å². The lowest BCUT2D eigenvalue weighted by Crippen LogP contribution is -2.30. The number of rotatable bonds is 72. The Morgan fingerprint density at radius 1 is 0.298 bits per heavy atom. The predicted molar refractivity (Wildman–Crippen MR) is 381 cm³/mol. The predicted octanol–water partition coefficient (Wildman–Crippen LogP) is 21.7. The molecule has 0 saturated heterocycles. The molecule has 0 fully saturated rings. The van der Waals surface area contributed by atoms with Gasteiger partial charge in [-0.15, -0.1) is 0 Å². The zero-order valence-corrected chi connectivity index (χ0v) is 63.4. The number of hydrogen-bond donors (Lipinski definition) is 3.